The Hall–Kier alpha value is -0.710. The molecule has 1 fully saturated rings. The second kappa shape index (κ2) is 7.02. The van der Waals surface area contributed by atoms with Gasteiger partial charge in [-0.2, -0.15) is 0 Å². The van der Waals surface area contributed by atoms with Gasteiger partial charge in [-0.25, -0.2) is 4.98 Å². The molecule has 0 spiro atoms. The third kappa shape index (κ3) is 4.88. The second-order valence-corrected chi connectivity index (χ2v) is 6.00. The molecule has 18 heavy (non-hydrogen) atoms. The first kappa shape index (κ1) is 13.7. The van der Waals surface area contributed by atoms with E-state index in [0.717, 1.165) is 32.1 Å². The highest BCUT2D eigenvalue weighted by Crippen LogP contribution is 2.20. The monoisotopic (exact) mass is 265 g/mol. The zero-order valence-corrected chi connectivity index (χ0v) is 12.0. The highest BCUT2D eigenvalue weighted by molar-refractivity contribution is 7.09. The Bertz CT molecular complexity index is 371. The predicted octanol–water partition coefficient (Wildman–Crippen LogP) is 2.79. The van der Waals surface area contributed by atoms with Gasteiger partial charge in [0.2, 0.25) is 0 Å². The summed E-state index contributed by atoms with van der Waals surface area (Å²) in [4.78, 5) is 7.00. The van der Waals surface area contributed by atoms with Gasteiger partial charge in [0.05, 0.1) is 5.69 Å². The van der Waals surface area contributed by atoms with Crippen molar-refractivity contribution in [2.45, 2.75) is 44.8 Å². The van der Waals surface area contributed by atoms with Gasteiger partial charge in [0, 0.05) is 24.5 Å². The molecule has 0 bridgehead atoms. The van der Waals surface area contributed by atoms with Crippen LogP contribution < -0.4 is 5.32 Å². The molecule has 0 amide bonds. The van der Waals surface area contributed by atoms with E-state index >= 15 is 0 Å². The maximum absolute atomic E-state index is 4.67. The van der Waals surface area contributed by atoms with Crippen molar-refractivity contribution in [3.63, 3.8) is 0 Å². The normalized spacial score (nSPS) is 15.2. The first-order valence-electron chi connectivity index (χ1n) is 6.74. The highest BCUT2D eigenvalue weighted by atomic mass is 32.1. The van der Waals surface area contributed by atoms with Crippen molar-refractivity contribution in [3.8, 4) is 0 Å². The van der Waals surface area contributed by atoms with E-state index in [9.17, 15) is 0 Å². The molecule has 2 rings (SSSR count). The second-order valence-electron chi connectivity index (χ2n) is 5.06. The lowest BCUT2D eigenvalue weighted by Crippen LogP contribution is -2.19. The van der Waals surface area contributed by atoms with Crippen LogP contribution >= 0.6 is 11.3 Å². The number of unbranched alkanes of at least 4 members (excludes halogenated alkanes) is 1. The molecule has 1 aliphatic rings. The minimum Gasteiger partial charge on any atom is -0.308 e. The highest BCUT2D eigenvalue weighted by Gasteiger charge is 2.20. The number of hydrogen-bond donors (Lipinski definition) is 1. The van der Waals surface area contributed by atoms with Crippen molar-refractivity contribution in [2.75, 3.05) is 13.6 Å². The van der Waals surface area contributed by atoms with E-state index in [1.807, 2.05) is 6.08 Å². The van der Waals surface area contributed by atoms with Crippen LogP contribution in [0.5, 0.6) is 0 Å². The van der Waals surface area contributed by atoms with Crippen molar-refractivity contribution in [2.24, 2.45) is 0 Å². The molecule has 0 unspecified atom stereocenters. The Balaban J connectivity index is 1.69. The Labute approximate surface area is 114 Å². The van der Waals surface area contributed by atoms with Crippen LogP contribution in [0.15, 0.2) is 18.0 Å². The molecular weight excluding hydrogens is 242 g/mol. The summed E-state index contributed by atoms with van der Waals surface area (Å²) in [5.41, 5.74) is 1.20. The SMILES string of the molecule is C=CCCCN(C)Cc1csc(CNC2CC2)n1. The van der Waals surface area contributed by atoms with Crippen LogP contribution in [-0.2, 0) is 13.1 Å². The molecule has 0 aromatic carbocycles. The maximum atomic E-state index is 4.67. The van der Waals surface area contributed by atoms with E-state index in [1.165, 1.54) is 30.0 Å². The van der Waals surface area contributed by atoms with E-state index < -0.39 is 0 Å². The fourth-order valence-corrected chi connectivity index (χ4v) is 2.62. The zero-order valence-electron chi connectivity index (χ0n) is 11.2. The summed E-state index contributed by atoms with van der Waals surface area (Å²) >= 11 is 1.77. The van der Waals surface area contributed by atoms with E-state index in [0.29, 0.717) is 0 Å². The van der Waals surface area contributed by atoms with Crippen LogP contribution in [-0.4, -0.2) is 29.5 Å². The molecule has 1 aromatic heterocycles. The Kier molecular flexibility index (Phi) is 5.35. The topological polar surface area (TPSA) is 28.2 Å². The summed E-state index contributed by atoms with van der Waals surface area (Å²) in [6.45, 7) is 6.75. The number of rotatable bonds is 9. The van der Waals surface area contributed by atoms with Crippen LogP contribution in [0.2, 0.25) is 0 Å². The number of allylic oxidation sites excluding steroid dienone is 1. The lowest BCUT2D eigenvalue weighted by atomic mass is 10.3. The molecule has 0 atom stereocenters. The fourth-order valence-electron chi connectivity index (χ4n) is 1.88. The summed E-state index contributed by atoms with van der Waals surface area (Å²) in [5.74, 6) is 0. The Morgan fingerprint density at radius 3 is 3.17 bits per heavy atom. The molecule has 1 saturated carbocycles. The number of hydrogen-bond acceptors (Lipinski definition) is 4. The lowest BCUT2D eigenvalue weighted by Gasteiger charge is -2.14. The molecular formula is C14H23N3S. The van der Waals surface area contributed by atoms with Crippen molar-refractivity contribution in [3.05, 3.63) is 28.7 Å². The molecule has 1 aliphatic carbocycles. The minimum atomic E-state index is 0.763. The molecule has 1 aromatic rings. The van der Waals surface area contributed by atoms with E-state index in [1.54, 1.807) is 11.3 Å². The smallest absolute Gasteiger partial charge is 0.107 e. The van der Waals surface area contributed by atoms with Crippen molar-refractivity contribution < 1.29 is 0 Å². The standard InChI is InChI=1S/C14H23N3S/c1-3-4-5-8-17(2)10-13-11-18-14(16-13)9-15-12-6-7-12/h3,11-12,15H,1,4-10H2,2H3. The molecule has 0 saturated heterocycles. The molecule has 100 valence electrons. The Morgan fingerprint density at radius 1 is 1.61 bits per heavy atom. The van der Waals surface area contributed by atoms with Crippen molar-refractivity contribution in [1.82, 2.24) is 15.2 Å². The molecule has 3 nitrogen and oxygen atoms in total. The average molecular weight is 265 g/mol. The van der Waals surface area contributed by atoms with E-state index in [-0.39, 0.29) is 0 Å². The number of nitrogens with one attached hydrogen (secondary N) is 1. The van der Waals surface area contributed by atoms with Gasteiger partial charge in [-0.05, 0) is 39.3 Å². The lowest BCUT2D eigenvalue weighted by molar-refractivity contribution is 0.319. The van der Waals surface area contributed by atoms with Crippen LogP contribution in [0.1, 0.15) is 36.4 Å². The van der Waals surface area contributed by atoms with Gasteiger partial charge in [0.25, 0.3) is 0 Å². The average Bonchev–Trinajstić information content (AvgIpc) is 3.08. The summed E-state index contributed by atoms with van der Waals surface area (Å²) in [6.07, 6.45) is 6.94. The maximum Gasteiger partial charge on any atom is 0.107 e. The molecule has 0 radical (unpaired) electrons. The molecule has 4 heteroatoms. The Morgan fingerprint density at radius 2 is 2.44 bits per heavy atom. The third-order valence-corrected chi connectivity index (χ3v) is 4.00. The predicted molar refractivity (Wildman–Crippen MR) is 77.7 cm³/mol. The van der Waals surface area contributed by atoms with Crippen LogP contribution in [0.4, 0.5) is 0 Å². The minimum absolute atomic E-state index is 0.763. The van der Waals surface area contributed by atoms with Gasteiger partial charge in [-0.3, -0.25) is 0 Å². The quantitative estimate of drug-likeness (QED) is 0.550. The summed E-state index contributed by atoms with van der Waals surface area (Å²) in [5, 5.41) is 6.91. The van der Waals surface area contributed by atoms with Gasteiger partial charge < -0.3 is 10.2 Å². The summed E-state index contributed by atoms with van der Waals surface area (Å²) in [6, 6.07) is 0.763. The van der Waals surface area contributed by atoms with Gasteiger partial charge in [-0.15, -0.1) is 17.9 Å². The molecule has 1 N–H and O–H groups in total. The number of nitrogens with zero attached hydrogens (tertiary/aromatic N) is 2. The van der Waals surface area contributed by atoms with E-state index in [4.69, 9.17) is 0 Å². The molecule has 1 heterocycles. The third-order valence-electron chi connectivity index (χ3n) is 3.10. The van der Waals surface area contributed by atoms with Gasteiger partial charge in [0.1, 0.15) is 5.01 Å². The number of thiazole rings is 1. The van der Waals surface area contributed by atoms with Gasteiger partial charge in [0.15, 0.2) is 0 Å². The summed E-state index contributed by atoms with van der Waals surface area (Å²) in [7, 11) is 2.16. The first-order chi connectivity index (χ1) is 8.78. The van der Waals surface area contributed by atoms with Gasteiger partial charge in [-0.1, -0.05) is 6.08 Å². The zero-order chi connectivity index (χ0) is 12.8. The fraction of sp³-hybridized carbons (Fsp3) is 0.643. The van der Waals surface area contributed by atoms with E-state index in [2.05, 4.69) is 34.2 Å². The van der Waals surface area contributed by atoms with Crippen LogP contribution in [0.3, 0.4) is 0 Å². The van der Waals surface area contributed by atoms with Gasteiger partial charge >= 0.3 is 0 Å². The largest absolute Gasteiger partial charge is 0.308 e. The van der Waals surface area contributed by atoms with Crippen molar-refractivity contribution in [1.29, 1.82) is 0 Å². The van der Waals surface area contributed by atoms with Crippen molar-refractivity contribution >= 4 is 11.3 Å². The summed E-state index contributed by atoms with van der Waals surface area (Å²) < 4.78 is 0. The van der Waals surface area contributed by atoms with Crippen LogP contribution in [0, 0.1) is 0 Å². The number of aromatic nitrogens is 1. The van der Waals surface area contributed by atoms with Crippen LogP contribution in [0.25, 0.3) is 0 Å². The molecule has 0 aliphatic heterocycles. The first-order valence-corrected chi connectivity index (χ1v) is 7.62.